The SMILES string of the molecule is Nc1ccc(C2=Nn3ccnc3Cc3ccc(Cl)cc32)cc1. The fourth-order valence-corrected chi connectivity index (χ4v) is 2.83. The van der Waals surface area contributed by atoms with E-state index in [-0.39, 0.29) is 0 Å². The number of nitrogen functional groups attached to an aromatic ring is 1. The number of anilines is 1. The molecule has 4 rings (SSSR count). The molecule has 0 saturated carbocycles. The molecule has 0 spiro atoms. The van der Waals surface area contributed by atoms with Crippen LogP contribution in [0.25, 0.3) is 0 Å². The van der Waals surface area contributed by atoms with Crippen LogP contribution in [0.5, 0.6) is 0 Å². The molecular formula is C17H13ClN4. The lowest BCUT2D eigenvalue weighted by Gasteiger charge is -2.10. The van der Waals surface area contributed by atoms with E-state index < -0.39 is 0 Å². The molecule has 0 unspecified atom stereocenters. The highest BCUT2D eigenvalue weighted by Gasteiger charge is 2.19. The zero-order chi connectivity index (χ0) is 15.1. The van der Waals surface area contributed by atoms with Crippen LogP contribution in [0, 0.1) is 0 Å². The van der Waals surface area contributed by atoms with E-state index in [1.54, 1.807) is 6.20 Å². The van der Waals surface area contributed by atoms with Crippen LogP contribution in [0.4, 0.5) is 5.69 Å². The van der Waals surface area contributed by atoms with Crippen LogP contribution in [-0.4, -0.2) is 15.4 Å². The van der Waals surface area contributed by atoms with Crippen molar-refractivity contribution >= 4 is 23.0 Å². The van der Waals surface area contributed by atoms with Crippen LogP contribution in [0.2, 0.25) is 5.02 Å². The van der Waals surface area contributed by atoms with Gasteiger partial charge in [-0.3, -0.25) is 0 Å². The quantitative estimate of drug-likeness (QED) is 0.548. The van der Waals surface area contributed by atoms with Crippen molar-refractivity contribution in [3.63, 3.8) is 0 Å². The first-order chi connectivity index (χ1) is 10.7. The lowest BCUT2D eigenvalue weighted by molar-refractivity contribution is 0.806. The number of hydrogen-bond acceptors (Lipinski definition) is 3. The molecule has 2 N–H and O–H groups in total. The van der Waals surface area contributed by atoms with Crippen molar-refractivity contribution < 1.29 is 0 Å². The van der Waals surface area contributed by atoms with E-state index in [4.69, 9.17) is 22.4 Å². The molecule has 1 aliphatic rings. The van der Waals surface area contributed by atoms with Gasteiger partial charge in [-0.25, -0.2) is 9.66 Å². The summed E-state index contributed by atoms with van der Waals surface area (Å²) >= 11 is 6.20. The Balaban J connectivity index is 1.98. The summed E-state index contributed by atoms with van der Waals surface area (Å²) in [6.45, 7) is 0. The minimum absolute atomic E-state index is 0.696. The molecule has 0 amide bonds. The van der Waals surface area contributed by atoms with E-state index in [0.717, 1.165) is 40.3 Å². The molecule has 2 heterocycles. The number of benzene rings is 2. The predicted octanol–water partition coefficient (Wildman–Crippen LogP) is 3.32. The van der Waals surface area contributed by atoms with Crippen LogP contribution in [0.1, 0.15) is 22.5 Å². The van der Waals surface area contributed by atoms with Gasteiger partial charge in [0.1, 0.15) is 5.82 Å². The average molecular weight is 309 g/mol. The number of imidazole rings is 1. The van der Waals surface area contributed by atoms with Crippen molar-refractivity contribution in [3.8, 4) is 0 Å². The molecule has 2 aromatic carbocycles. The Kier molecular flexibility index (Phi) is 2.98. The highest BCUT2D eigenvalue weighted by atomic mass is 35.5. The van der Waals surface area contributed by atoms with Crippen molar-refractivity contribution in [2.45, 2.75) is 6.42 Å². The molecule has 1 aromatic heterocycles. The first-order valence-electron chi connectivity index (χ1n) is 6.96. The maximum absolute atomic E-state index is 6.20. The van der Waals surface area contributed by atoms with Crippen LogP contribution < -0.4 is 5.73 Å². The first kappa shape index (κ1) is 13.1. The van der Waals surface area contributed by atoms with Gasteiger partial charge in [-0.2, -0.15) is 5.10 Å². The summed E-state index contributed by atoms with van der Waals surface area (Å²) < 4.78 is 1.82. The van der Waals surface area contributed by atoms with Gasteiger partial charge in [0.05, 0.1) is 5.71 Å². The molecule has 0 radical (unpaired) electrons. The standard InChI is InChI=1S/C17H13ClN4/c18-13-4-1-12-9-16-20-7-8-22(16)21-17(15(12)10-13)11-2-5-14(19)6-3-11/h1-8,10H,9,19H2. The number of halogens is 1. The molecule has 3 aromatic rings. The van der Waals surface area contributed by atoms with Crippen molar-refractivity contribution in [1.29, 1.82) is 0 Å². The minimum Gasteiger partial charge on any atom is -0.399 e. The fourth-order valence-electron chi connectivity index (χ4n) is 2.65. The molecule has 108 valence electrons. The summed E-state index contributed by atoms with van der Waals surface area (Å²) in [5.41, 5.74) is 10.6. The second-order valence-electron chi connectivity index (χ2n) is 5.24. The molecule has 22 heavy (non-hydrogen) atoms. The van der Waals surface area contributed by atoms with Crippen molar-refractivity contribution in [1.82, 2.24) is 9.66 Å². The number of nitrogens with zero attached hydrogens (tertiary/aromatic N) is 3. The average Bonchev–Trinajstić information content (AvgIpc) is 2.89. The summed E-state index contributed by atoms with van der Waals surface area (Å²) in [4.78, 5) is 4.38. The molecule has 4 nitrogen and oxygen atoms in total. The van der Waals surface area contributed by atoms with E-state index in [1.165, 1.54) is 0 Å². The van der Waals surface area contributed by atoms with E-state index in [1.807, 2.05) is 53.3 Å². The van der Waals surface area contributed by atoms with Crippen LogP contribution >= 0.6 is 11.6 Å². The topological polar surface area (TPSA) is 56.2 Å². The van der Waals surface area contributed by atoms with Crippen LogP contribution in [0.15, 0.2) is 60.0 Å². The first-order valence-corrected chi connectivity index (χ1v) is 7.34. The van der Waals surface area contributed by atoms with E-state index in [0.29, 0.717) is 5.02 Å². The minimum atomic E-state index is 0.696. The van der Waals surface area contributed by atoms with Gasteiger partial charge < -0.3 is 5.73 Å². The predicted molar refractivity (Wildman–Crippen MR) is 88.4 cm³/mol. The van der Waals surface area contributed by atoms with Gasteiger partial charge in [0.15, 0.2) is 0 Å². The van der Waals surface area contributed by atoms with Crippen LogP contribution in [-0.2, 0) is 6.42 Å². The maximum atomic E-state index is 6.20. The normalized spacial score (nSPS) is 13.0. The third-order valence-corrected chi connectivity index (χ3v) is 4.00. The highest BCUT2D eigenvalue weighted by Crippen LogP contribution is 2.25. The number of rotatable bonds is 1. The lowest BCUT2D eigenvalue weighted by atomic mass is 9.96. The van der Waals surface area contributed by atoms with Crippen molar-refractivity contribution in [2.24, 2.45) is 5.10 Å². The summed E-state index contributed by atoms with van der Waals surface area (Å²) in [6, 6.07) is 13.6. The van der Waals surface area contributed by atoms with Gasteiger partial charge in [0.2, 0.25) is 0 Å². The Bertz CT molecular complexity index is 878. The van der Waals surface area contributed by atoms with E-state index in [2.05, 4.69) is 4.98 Å². The number of hydrogen-bond donors (Lipinski definition) is 1. The summed E-state index contributed by atoms with van der Waals surface area (Å²) in [6.07, 6.45) is 4.35. The summed E-state index contributed by atoms with van der Waals surface area (Å²) in [5, 5.41) is 5.45. The van der Waals surface area contributed by atoms with Crippen LogP contribution in [0.3, 0.4) is 0 Å². The van der Waals surface area contributed by atoms with Gasteiger partial charge in [-0.05, 0) is 29.8 Å². The third-order valence-electron chi connectivity index (χ3n) is 3.76. The third kappa shape index (κ3) is 2.18. The van der Waals surface area contributed by atoms with Gasteiger partial charge >= 0.3 is 0 Å². The number of fused-ring (bicyclic) bond motifs is 2. The van der Waals surface area contributed by atoms with E-state index >= 15 is 0 Å². The smallest absolute Gasteiger partial charge is 0.134 e. The number of nitrogens with two attached hydrogens (primary N) is 1. The molecule has 0 atom stereocenters. The van der Waals surface area contributed by atoms with Gasteiger partial charge in [0, 0.05) is 40.7 Å². The molecule has 5 heteroatoms. The largest absolute Gasteiger partial charge is 0.399 e. The lowest BCUT2D eigenvalue weighted by Crippen LogP contribution is -2.07. The Morgan fingerprint density at radius 2 is 1.91 bits per heavy atom. The summed E-state index contributed by atoms with van der Waals surface area (Å²) in [7, 11) is 0. The van der Waals surface area contributed by atoms with Gasteiger partial charge in [-0.1, -0.05) is 29.8 Å². The molecule has 0 fully saturated rings. The Morgan fingerprint density at radius 1 is 1.09 bits per heavy atom. The molecule has 1 aliphatic heterocycles. The highest BCUT2D eigenvalue weighted by molar-refractivity contribution is 6.31. The molecule has 0 bridgehead atoms. The van der Waals surface area contributed by atoms with Gasteiger partial charge in [-0.15, -0.1) is 0 Å². The zero-order valence-electron chi connectivity index (χ0n) is 11.7. The zero-order valence-corrected chi connectivity index (χ0v) is 12.5. The molecular weight excluding hydrogens is 296 g/mol. The van der Waals surface area contributed by atoms with Crippen molar-refractivity contribution in [2.75, 3.05) is 5.73 Å². The summed E-state index contributed by atoms with van der Waals surface area (Å²) in [5.74, 6) is 0.911. The Labute approximate surface area is 132 Å². The Hall–Kier alpha value is -2.59. The monoisotopic (exact) mass is 308 g/mol. The number of aromatic nitrogens is 2. The maximum Gasteiger partial charge on any atom is 0.134 e. The molecule has 0 aliphatic carbocycles. The fraction of sp³-hybridized carbons (Fsp3) is 0.0588. The Morgan fingerprint density at radius 3 is 2.73 bits per heavy atom. The second kappa shape index (κ2) is 5.00. The molecule has 0 saturated heterocycles. The van der Waals surface area contributed by atoms with E-state index in [9.17, 15) is 0 Å². The van der Waals surface area contributed by atoms with Gasteiger partial charge in [0.25, 0.3) is 0 Å². The van der Waals surface area contributed by atoms with Crippen molar-refractivity contribution in [3.05, 3.63) is 82.4 Å². The second-order valence-corrected chi connectivity index (χ2v) is 5.67.